The van der Waals surface area contributed by atoms with E-state index in [4.69, 9.17) is 5.73 Å². The number of rotatable bonds is 4. The van der Waals surface area contributed by atoms with E-state index in [1.807, 2.05) is 0 Å². The molecule has 1 aromatic rings. The predicted octanol–water partition coefficient (Wildman–Crippen LogP) is 3.46. The molecule has 16 heavy (non-hydrogen) atoms. The van der Waals surface area contributed by atoms with Crippen LogP contribution in [0.3, 0.4) is 0 Å². The van der Waals surface area contributed by atoms with Gasteiger partial charge in [0.25, 0.3) is 0 Å². The molecule has 0 spiro atoms. The fourth-order valence-electron chi connectivity index (χ4n) is 1.62. The van der Waals surface area contributed by atoms with Gasteiger partial charge in [-0.1, -0.05) is 45.9 Å². The third-order valence-electron chi connectivity index (χ3n) is 2.80. The number of hydrogen-bond acceptors (Lipinski definition) is 1. The molecule has 88 valence electrons. The van der Waals surface area contributed by atoms with Gasteiger partial charge in [-0.05, 0) is 24.0 Å². The van der Waals surface area contributed by atoms with Crippen LogP contribution in [-0.2, 0) is 12.8 Å². The number of hydrogen-bond donors (Lipinski definition) is 1. The van der Waals surface area contributed by atoms with Crippen molar-refractivity contribution in [2.75, 3.05) is 0 Å². The second kappa shape index (κ2) is 5.69. The maximum Gasteiger partial charge on any atom is 0.102 e. The lowest BCUT2D eigenvalue weighted by molar-refractivity contribution is 0.871. The van der Waals surface area contributed by atoms with Crippen molar-refractivity contribution in [1.29, 1.82) is 0 Å². The van der Waals surface area contributed by atoms with Crippen LogP contribution in [0.5, 0.6) is 0 Å². The van der Waals surface area contributed by atoms with Gasteiger partial charge in [0.2, 0.25) is 0 Å². The third-order valence-corrected chi connectivity index (χ3v) is 2.80. The summed E-state index contributed by atoms with van der Waals surface area (Å²) >= 11 is 0. The van der Waals surface area contributed by atoms with Crippen molar-refractivity contribution in [1.82, 2.24) is 0 Å². The number of aliphatic imine (C=N–C) groups is 1. The van der Waals surface area contributed by atoms with E-state index >= 15 is 0 Å². The van der Waals surface area contributed by atoms with Crippen molar-refractivity contribution in [3.8, 4) is 0 Å². The Balaban J connectivity index is 3.24. The first-order valence-electron chi connectivity index (χ1n) is 6.04. The van der Waals surface area contributed by atoms with E-state index in [0.29, 0.717) is 5.92 Å². The van der Waals surface area contributed by atoms with Gasteiger partial charge >= 0.3 is 0 Å². The number of para-hydroxylation sites is 1. The summed E-state index contributed by atoms with van der Waals surface area (Å²) in [5.74, 6) is 1.02. The van der Waals surface area contributed by atoms with E-state index in [2.05, 4.69) is 50.9 Å². The van der Waals surface area contributed by atoms with Gasteiger partial charge in [0, 0.05) is 5.92 Å². The summed E-state index contributed by atoms with van der Waals surface area (Å²) in [5, 5.41) is 0. The van der Waals surface area contributed by atoms with Gasteiger partial charge in [-0.3, -0.25) is 0 Å². The molecule has 2 nitrogen and oxygen atoms in total. The fourth-order valence-corrected chi connectivity index (χ4v) is 1.62. The molecule has 0 aliphatic heterocycles. The van der Waals surface area contributed by atoms with Crippen molar-refractivity contribution in [3.05, 3.63) is 29.3 Å². The highest BCUT2D eigenvalue weighted by atomic mass is 14.9. The fraction of sp³-hybridized carbons (Fsp3) is 0.500. The van der Waals surface area contributed by atoms with Crippen molar-refractivity contribution in [2.24, 2.45) is 16.6 Å². The molecule has 0 saturated heterocycles. The molecule has 0 radical (unpaired) electrons. The zero-order valence-corrected chi connectivity index (χ0v) is 10.7. The Kier molecular flexibility index (Phi) is 4.53. The molecule has 1 aromatic carbocycles. The van der Waals surface area contributed by atoms with Crippen molar-refractivity contribution in [2.45, 2.75) is 40.5 Å². The van der Waals surface area contributed by atoms with E-state index in [1.54, 1.807) is 0 Å². The van der Waals surface area contributed by atoms with Gasteiger partial charge in [0.15, 0.2) is 0 Å². The monoisotopic (exact) mass is 218 g/mol. The van der Waals surface area contributed by atoms with Gasteiger partial charge in [-0.2, -0.15) is 0 Å². The van der Waals surface area contributed by atoms with Gasteiger partial charge in [0.1, 0.15) is 5.84 Å². The molecule has 0 heterocycles. The molecular formula is C14H22N2. The largest absolute Gasteiger partial charge is 0.387 e. The van der Waals surface area contributed by atoms with Crippen LogP contribution >= 0.6 is 0 Å². The van der Waals surface area contributed by atoms with E-state index < -0.39 is 0 Å². The number of benzene rings is 1. The average molecular weight is 218 g/mol. The van der Waals surface area contributed by atoms with E-state index in [1.165, 1.54) is 11.1 Å². The zero-order valence-electron chi connectivity index (χ0n) is 10.7. The summed E-state index contributed by atoms with van der Waals surface area (Å²) in [6.45, 7) is 8.44. The SMILES string of the molecule is CCc1cccc(CC)c1N=C(N)C(C)C. The molecule has 0 aromatic heterocycles. The lowest BCUT2D eigenvalue weighted by atomic mass is 10.0. The topological polar surface area (TPSA) is 38.4 Å². The van der Waals surface area contributed by atoms with Crippen LogP contribution in [-0.4, -0.2) is 5.84 Å². The Morgan fingerprint density at radius 2 is 1.69 bits per heavy atom. The molecular weight excluding hydrogens is 196 g/mol. The van der Waals surface area contributed by atoms with Crippen LogP contribution in [0.15, 0.2) is 23.2 Å². The van der Waals surface area contributed by atoms with Crippen molar-refractivity contribution in [3.63, 3.8) is 0 Å². The van der Waals surface area contributed by atoms with Gasteiger partial charge in [0.05, 0.1) is 5.69 Å². The summed E-state index contributed by atoms with van der Waals surface area (Å²) in [6.07, 6.45) is 2.00. The molecule has 0 aliphatic carbocycles. The van der Waals surface area contributed by atoms with E-state index in [0.717, 1.165) is 24.4 Å². The molecule has 0 bridgehead atoms. The second-order valence-corrected chi connectivity index (χ2v) is 4.32. The number of amidine groups is 1. The summed E-state index contributed by atoms with van der Waals surface area (Å²) < 4.78 is 0. The van der Waals surface area contributed by atoms with Crippen LogP contribution in [0.1, 0.15) is 38.8 Å². The number of nitrogens with zero attached hydrogens (tertiary/aromatic N) is 1. The maximum atomic E-state index is 5.95. The van der Waals surface area contributed by atoms with Gasteiger partial charge in [-0.25, -0.2) is 4.99 Å². The first-order valence-corrected chi connectivity index (χ1v) is 6.04. The van der Waals surface area contributed by atoms with Gasteiger partial charge in [-0.15, -0.1) is 0 Å². The van der Waals surface area contributed by atoms with E-state index in [-0.39, 0.29) is 0 Å². The highest BCUT2D eigenvalue weighted by Gasteiger charge is 2.07. The smallest absolute Gasteiger partial charge is 0.102 e. The molecule has 0 atom stereocenters. The first-order chi connectivity index (χ1) is 7.60. The Morgan fingerprint density at radius 1 is 1.19 bits per heavy atom. The lowest BCUT2D eigenvalue weighted by Gasteiger charge is -2.11. The standard InChI is InChI=1S/C14H22N2/c1-5-11-8-7-9-12(6-2)13(11)16-14(15)10(3)4/h7-10H,5-6H2,1-4H3,(H2,15,16). The van der Waals surface area contributed by atoms with Gasteiger partial charge < -0.3 is 5.73 Å². The Labute approximate surface area is 98.6 Å². The van der Waals surface area contributed by atoms with E-state index in [9.17, 15) is 0 Å². The predicted molar refractivity (Wildman–Crippen MR) is 71.3 cm³/mol. The Morgan fingerprint density at radius 3 is 2.06 bits per heavy atom. The van der Waals surface area contributed by atoms with Crippen LogP contribution in [0.25, 0.3) is 0 Å². The molecule has 0 amide bonds. The number of aryl methyl sites for hydroxylation is 2. The molecule has 0 aliphatic rings. The molecule has 2 heteroatoms. The molecule has 1 rings (SSSR count). The summed E-state index contributed by atoms with van der Waals surface area (Å²) in [7, 11) is 0. The normalized spacial score (nSPS) is 12.2. The summed E-state index contributed by atoms with van der Waals surface area (Å²) in [5.41, 5.74) is 9.59. The second-order valence-electron chi connectivity index (χ2n) is 4.32. The highest BCUT2D eigenvalue weighted by Crippen LogP contribution is 2.26. The summed E-state index contributed by atoms with van der Waals surface area (Å²) in [6, 6.07) is 6.36. The first kappa shape index (κ1) is 12.8. The van der Waals surface area contributed by atoms with Crippen LogP contribution in [0.4, 0.5) is 5.69 Å². The quantitative estimate of drug-likeness (QED) is 0.610. The van der Waals surface area contributed by atoms with Crippen LogP contribution < -0.4 is 5.73 Å². The number of nitrogens with two attached hydrogens (primary N) is 1. The summed E-state index contributed by atoms with van der Waals surface area (Å²) in [4.78, 5) is 4.59. The Bertz CT molecular complexity index is 356. The van der Waals surface area contributed by atoms with Crippen molar-refractivity contribution >= 4 is 11.5 Å². The van der Waals surface area contributed by atoms with Crippen LogP contribution in [0.2, 0.25) is 0 Å². The van der Waals surface area contributed by atoms with Crippen LogP contribution in [0, 0.1) is 5.92 Å². The molecule has 0 saturated carbocycles. The average Bonchev–Trinajstić information content (AvgIpc) is 2.29. The lowest BCUT2D eigenvalue weighted by Crippen LogP contribution is -2.18. The minimum atomic E-state index is 0.301. The maximum absolute atomic E-state index is 5.95. The third kappa shape index (κ3) is 2.84. The minimum absolute atomic E-state index is 0.301. The molecule has 0 unspecified atom stereocenters. The zero-order chi connectivity index (χ0) is 12.1. The molecule has 0 fully saturated rings. The van der Waals surface area contributed by atoms with Crippen molar-refractivity contribution < 1.29 is 0 Å². The Hall–Kier alpha value is -1.31. The minimum Gasteiger partial charge on any atom is -0.387 e. The highest BCUT2D eigenvalue weighted by molar-refractivity contribution is 5.85. The molecule has 2 N–H and O–H groups in total.